The lowest BCUT2D eigenvalue weighted by Gasteiger charge is -2.32. The van der Waals surface area contributed by atoms with Gasteiger partial charge in [-0.3, -0.25) is 9.10 Å². The summed E-state index contributed by atoms with van der Waals surface area (Å²) in [5.41, 5.74) is 2.58. The van der Waals surface area contributed by atoms with Crippen LogP contribution in [0, 0.1) is 6.92 Å². The van der Waals surface area contributed by atoms with Gasteiger partial charge in [0.15, 0.2) is 6.61 Å². The Bertz CT molecular complexity index is 951. The first-order valence-corrected chi connectivity index (χ1v) is 11.8. The van der Waals surface area contributed by atoms with E-state index in [4.69, 9.17) is 4.74 Å². The summed E-state index contributed by atoms with van der Waals surface area (Å²) in [6, 6.07) is 14.6. The fourth-order valence-corrected chi connectivity index (χ4v) is 4.15. The summed E-state index contributed by atoms with van der Waals surface area (Å²) < 4.78 is 31.7. The van der Waals surface area contributed by atoms with Crippen molar-refractivity contribution < 1.29 is 17.9 Å². The third-order valence-corrected chi connectivity index (χ3v) is 6.33. The average molecular weight is 432 g/mol. The Morgan fingerprint density at radius 1 is 1.00 bits per heavy atom. The molecule has 1 heterocycles. The van der Waals surface area contributed by atoms with Gasteiger partial charge >= 0.3 is 0 Å². The van der Waals surface area contributed by atoms with Crippen LogP contribution in [0.4, 0.5) is 5.69 Å². The van der Waals surface area contributed by atoms with Crippen molar-refractivity contribution >= 4 is 21.6 Å². The summed E-state index contributed by atoms with van der Waals surface area (Å²) in [6.45, 7) is 5.36. The topological polar surface area (TPSA) is 70.2 Å². The number of sulfonamides is 1. The number of hydrogen-bond donors (Lipinski definition) is 0. The van der Waals surface area contributed by atoms with Crippen molar-refractivity contribution in [1.82, 2.24) is 9.80 Å². The fraction of sp³-hybridized carbons (Fsp3) is 0.409. The van der Waals surface area contributed by atoms with E-state index >= 15 is 0 Å². The maximum atomic E-state index is 12.3. The van der Waals surface area contributed by atoms with Crippen molar-refractivity contribution in [2.24, 2.45) is 0 Å². The molecule has 0 unspecified atom stereocenters. The Labute approximate surface area is 178 Å². The zero-order chi connectivity index (χ0) is 21.7. The van der Waals surface area contributed by atoms with Crippen molar-refractivity contribution in [2.75, 3.05) is 50.4 Å². The third-order valence-electron chi connectivity index (χ3n) is 5.19. The molecule has 0 aromatic heterocycles. The van der Waals surface area contributed by atoms with Gasteiger partial charge in [0.05, 0.1) is 18.5 Å². The van der Waals surface area contributed by atoms with Crippen LogP contribution in [0.3, 0.4) is 0 Å². The number of piperazine rings is 1. The molecule has 162 valence electrons. The molecule has 1 amide bonds. The molecule has 2 aromatic rings. The first-order chi connectivity index (χ1) is 14.2. The number of rotatable bonds is 7. The van der Waals surface area contributed by atoms with Crippen LogP contribution in [0.2, 0.25) is 0 Å². The van der Waals surface area contributed by atoms with Gasteiger partial charge in [-0.2, -0.15) is 0 Å². The summed E-state index contributed by atoms with van der Waals surface area (Å²) in [7, 11) is -1.42. The number of ether oxygens (including phenoxy) is 1. The second-order valence-corrected chi connectivity index (χ2v) is 9.63. The molecule has 0 bridgehead atoms. The molecule has 30 heavy (non-hydrogen) atoms. The number of anilines is 1. The van der Waals surface area contributed by atoms with Crippen LogP contribution < -0.4 is 9.04 Å². The molecule has 0 spiro atoms. The molecular formula is C22H29N3O4S. The Balaban J connectivity index is 1.63. The lowest BCUT2D eigenvalue weighted by molar-refractivity contribution is -0.134. The van der Waals surface area contributed by atoms with E-state index in [0.29, 0.717) is 24.5 Å². The van der Waals surface area contributed by atoms with Crippen LogP contribution in [0.1, 0.15) is 11.1 Å². The van der Waals surface area contributed by atoms with Crippen molar-refractivity contribution in [1.29, 1.82) is 0 Å². The molecule has 0 aliphatic carbocycles. The Kier molecular flexibility index (Phi) is 6.99. The van der Waals surface area contributed by atoms with Gasteiger partial charge in [0, 0.05) is 26.2 Å². The summed E-state index contributed by atoms with van der Waals surface area (Å²) in [4.78, 5) is 16.3. The zero-order valence-corrected chi connectivity index (χ0v) is 18.6. The van der Waals surface area contributed by atoms with E-state index in [-0.39, 0.29) is 19.1 Å². The molecule has 7 nitrogen and oxygen atoms in total. The number of nitrogens with zero attached hydrogens (tertiary/aromatic N) is 3. The highest BCUT2D eigenvalue weighted by molar-refractivity contribution is 7.92. The maximum absolute atomic E-state index is 12.3. The summed E-state index contributed by atoms with van der Waals surface area (Å²) in [5, 5.41) is 0. The maximum Gasteiger partial charge on any atom is 0.260 e. The Morgan fingerprint density at radius 3 is 2.17 bits per heavy atom. The number of amides is 1. The van der Waals surface area contributed by atoms with Gasteiger partial charge in [0.25, 0.3) is 5.91 Å². The van der Waals surface area contributed by atoms with Gasteiger partial charge in [0.2, 0.25) is 10.0 Å². The molecule has 0 N–H and O–H groups in total. The number of hydrogen-bond acceptors (Lipinski definition) is 5. The molecule has 1 aliphatic rings. The largest absolute Gasteiger partial charge is 0.484 e. The van der Waals surface area contributed by atoms with Gasteiger partial charge < -0.3 is 14.5 Å². The predicted octanol–water partition coefficient (Wildman–Crippen LogP) is 2.11. The number of aryl methyl sites for hydroxylation is 1. The molecule has 0 atom stereocenters. The van der Waals surface area contributed by atoms with Crippen LogP contribution >= 0.6 is 0 Å². The van der Waals surface area contributed by atoms with Crippen LogP contribution in [0.25, 0.3) is 0 Å². The summed E-state index contributed by atoms with van der Waals surface area (Å²) in [6.07, 6.45) is 1.19. The molecule has 0 saturated carbocycles. The number of likely N-dealkylation sites (N-methyl/N-ethyl adjacent to an activating group) is 1. The number of carbonyl (C=O) groups is 1. The van der Waals surface area contributed by atoms with E-state index in [9.17, 15) is 13.2 Å². The highest BCUT2D eigenvalue weighted by atomic mass is 32.2. The van der Waals surface area contributed by atoms with Crippen LogP contribution in [0.5, 0.6) is 5.75 Å². The van der Waals surface area contributed by atoms with Crippen molar-refractivity contribution in [3.63, 3.8) is 0 Å². The summed E-state index contributed by atoms with van der Waals surface area (Å²) in [5.74, 6) is 0.495. The first-order valence-electron chi connectivity index (χ1n) is 9.95. The third kappa shape index (κ3) is 5.96. The van der Waals surface area contributed by atoms with Gasteiger partial charge in [-0.25, -0.2) is 8.42 Å². The molecule has 3 rings (SSSR count). The quantitative estimate of drug-likeness (QED) is 0.672. The van der Waals surface area contributed by atoms with Gasteiger partial charge in [-0.15, -0.1) is 0 Å². The number of benzene rings is 2. The number of carbonyl (C=O) groups excluding carboxylic acids is 1. The SMILES string of the molecule is Cc1ccc(CN(c2ccc(OCC(=O)N3CCN(C)CC3)cc2)S(C)(=O)=O)cc1. The average Bonchev–Trinajstić information content (AvgIpc) is 2.72. The van der Waals surface area contributed by atoms with E-state index in [2.05, 4.69) is 4.90 Å². The Morgan fingerprint density at radius 2 is 1.60 bits per heavy atom. The smallest absolute Gasteiger partial charge is 0.260 e. The van der Waals surface area contributed by atoms with Crippen LogP contribution in [-0.2, 0) is 21.4 Å². The van der Waals surface area contributed by atoms with Crippen molar-refractivity contribution in [3.05, 3.63) is 59.7 Å². The monoisotopic (exact) mass is 431 g/mol. The standard InChI is InChI=1S/C22H29N3O4S/c1-18-4-6-19(7-5-18)16-25(30(3,27)28)20-8-10-21(11-9-20)29-17-22(26)24-14-12-23(2)13-15-24/h4-11H,12-17H2,1-3H3. The van der Waals surface area contributed by atoms with Gasteiger partial charge in [0.1, 0.15) is 5.75 Å². The molecule has 1 saturated heterocycles. The first kappa shape index (κ1) is 22.1. The van der Waals surface area contributed by atoms with Crippen molar-refractivity contribution in [3.8, 4) is 5.75 Å². The lowest BCUT2D eigenvalue weighted by Crippen LogP contribution is -2.48. The Hall–Kier alpha value is -2.58. The highest BCUT2D eigenvalue weighted by Gasteiger charge is 2.20. The van der Waals surface area contributed by atoms with Crippen LogP contribution in [-0.4, -0.2) is 70.2 Å². The van der Waals surface area contributed by atoms with Gasteiger partial charge in [-0.05, 0) is 43.8 Å². The molecular weight excluding hydrogens is 402 g/mol. The fourth-order valence-electron chi connectivity index (χ4n) is 3.26. The lowest BCUT2D eigenvalue weighted by atomic mass is 10.1. The molecule has 0 radical (unpaired) electrons. The van der Waals surface area contributed by atoms with Crippen LogP contribution in [0.15, 0.2) is 48.5 Å². The minimum absolute atomic E-state index is 0.0256. The van der Waals surface area contributed by atoms with E-state index in [1.807, 2.05) is 38.2 Å². The van der Waals surface area contributed by atoms with E-state index in [0.717, 1.165) is 24.2 Å². The second kappa shape index (κ2) is 9.49. The molecule has 1 fully saturated rings. The van der Waals surface area contributed by atoms with E-state index in [1.54, 1.807) is 29.2 Å². The minimum atomic E-state index is -3.46. The predicted molar refractivity (Wildman–Crippen MR) is 118 cm³/mol. The van der Waals surface area contributed by atoms with E-state index in [1.165, 1.54) is 10.6 Å². The molecule has 1 aliphatic heterocycles. The molecule has 2 aromatic carbocycles. The minimum Gasteiger partial charge on any atom is -0.484 e. The van der Waals surface area contributed by atoms with Gasteiger partial charge in [-0.1, -0.05) is 29.8 Å². The summed E-state index contributed by atoms with van der Waals surface area (Å²) >= 11 is 0. The highest BCUT2D eigenvalue weighted by Crippen LogP contribution is 2.24. The second-order valence-electron chi connectivity index (χ2n) is 7.72. The molecule has 8 heteroatoms. The van der Waals surface area contributed by atoms with E-state index < -0.39 is 10.0 Å². The van der Waals surface area contributed by atoms with Crippen molar-refractivity contribution in [2.45, 2.75) is 13.5 Å². The normalized spacial score (nSPS) is 15.1. The zero-order valence-electron chi connectivity index (χ0n) is 17.7.